The lowest BCUT2D eigenvalue weighted by molar-refractivity contribution is -0.143. The molecule has 0 aliphatic rings. The Hall–Kier alpha value is -1.55. The normalized spacial score (nSPS) is 15.9. The van der Waals surface area contributed by atoms with E-state index in [9.17, 15) is 4.79 Å². The van der Waals surface area contributed by atoms with Crippen LogP contribution in [0.4, 0.5) is 0 Å². The predicted molar refractivity (Wildman–Crippen MR) is 75.5 cm³/mol. The predicted octanol–water partition coefficient (Wildman–Crippen LogP) is 2.77. The Balaban J connectivity index is 2.69. The van der Waals surface area contributed by atoms with Gasteiger partial charge in [0.25, 0.3) is 0 Å². The second kappa shape index (κ2) is 6.06. The van der Waals surface area contributed by atoms with Gasteiger partial charge in [0.15, 0.2) is 0 Å². The summed E-state index contributed by atoms with van der Waals surface area (Å²) in [5.41, 5.74) is 5.64. The lowest BCUT2D eigenvalue weighted by Crippen LogP contribution is -2.47. The molecule has 4 nitrogen and oxygen atoms in total. The molecule has 0 aromatic heterocycles. The number of carboxylic acid groups (broad SMARTS) is 1. The van der Waals surface area contributed by atoms with Crippen molar-refractivity contribution in [1.29, 1.82) is 0 Å². The largest absolute Gasteiger partial charge is 0.491 e. The van der Waals surface area contributed by atoms with Crippen molar-refractivity contribution in [3.8, 4) is 5.75 Å². The molecular formula is C15H23NO3. The van der Waals surface area contributed by atoms with Gasteiger partial charge in [-0.3, -0.25) is 4.79 Å². The van der Waals surface area contributed by atoms with E-state index in [1.165, 1.54) is 12.5 Å². The molecular weight excluding hydrogens is 242 g/mol. The quantitative estimate of drug-likeness (QED) is 0.829. The van der Waals surface area contributed by atoms with Gasteiger partial charge in [0.05, 0.1) is 6.10 Å². The van der Waals surface area contributed by atoms with Gasteiger partial charge in [-0.05, 0) is 37.5 Å². The van der Waals surface area contributed by atoms with Crippen molar-refractivity contribution in [3.63, 3.8) is 0 Å². The standard InChI is InChI=1S/C15H23NO3/c1-10(2)12-6-5-7-13(8-12)19-11(3)9-15(4,16)14(17)18/h5-8,10-11H,9,16H2,1-4H3,(H,17,18). The maximum Gasteiger partial charge on any atom is 0.323 e. The Morgan fingerprint density at radius 3 is 2.58 bits per heavy atom. The average molecular weight is 265 g/mol. The summed E-state index contributed by atoms with van der Waals surface area (Å²) < 4.78 is 5.75. The first kappa shape index (κ1) is 15.5. The molecule has 1 rings (SSSR count). The fraction of sp³-hybridized carbons (Fsp3) is 0.533. The molecule has 0 radical (unpaired) electrons. The smallest absolute Gasteiger partial charge is 0.323 e. The molecule has 0 spiro atoms. The maximum atomic E-state index is 11.0. The van der Waals surface area contributed by atoms with E-state index in [1.54, 1.807) is 0 Å². The Morgan fingerprint density at radius 1 is 1.42 bits per heavy atom. The van der Waals surface area contributed by atoms with Crippen LogP contribution in [0.1, 0.15) is 45.6 Å². The van der Waals surface area contributed by atoms with E-state index in [1.807, 2.05) is 31.2 Å². The number of benzene rings is 1. The van der Waals surface area contributed by atoms with E-state index in [2.05, 4.69) is 13.8 Å². The Kier molecular flexibility index (Phi) is 4.95. The topological polar surface area (TPSA) is 72.6 Å². The molecule has 1 aromatic carbocycles. The van der Waals surface area contributed by atoms with Crippen LogP contribution < -0.4 is 10.5 Å². The third-order valence-corrected chi connectivity index (χ3v) is 3.06. The van der Waals surface area contributed by atoms with Gasteiger partial charge in [-0.15, -0.1) is 0 Å². The number of hydrogen-bond acceptors (Lipinski definition) is 3. The summed E-state index contributed by atoms with van der Waals surface area (Å²) in [5.74, 6) is 0.163. The summed E-state index contributed by atoms with van der Waals surface area (Å²) in [6.07, 6.45) is 0.00217. The fourth-order valence-corrected chi connectivity index (χ4v) is 1.91. The van der Waals surface area contributed by atoms with Crippen LogP contribution in [0.5, 0.6) is 5.75 Å². The number of nitrogens with two attached hydrogens (primary N) is 1. The van der Waals surface area contributed by atoms with Crippen molar-refractivity contribution in [1.82, 2.24) is 0 Å². The lowest BCUT2D eigenvalue weighted by Gasteiger charge is -2.24. The van der Waals surface area contributed by atoms with E-state index < -0.39 is 11.5 Å². The molecule has 0 heterocycles. The summed E-state index contributed by atoms with van der Waals surface area (Å²) in [7, 11) is 0. The number of aliphatic carboxylic acids is 1. The van der Waals surface area contributed by atoms with E-state index in [-0.39, 0.29) is 12.5 Å². The number of hydrogen-bond donors (Lipinski definition) is 2. The van der Waals surface area contributed by atoms with Crippen LogP contribution in [-0.2, 0) is 4.79 Å². The molecule has 0 fully saturated rings. The molecule has 0 saturated carbocycles. The Morgan fingerprint density at radius 2 is 2.05 bits per heavy atom. The Bertz CT molecular complexity index is 441. The molecule has 0 bridgehead atoms. The molecule has 0 aliphatic carbocycles. The van der Waals surface area contributed by atoms with Crippen molar-refractivity contribution < 1.29 is 14.6 Å². The molecule has 1 aromatic rings. The van der Waals surface area contributed by atoms with Gasteiger partial charge in [0, 0.05) is 6.42 Å². The Labute approximate surface area is 114 Å². The highest BCUT2D eigenvalue weighted by Gasteiger charge is 2.30. The third-order valence-electron chi connectivity index (χ3n) is 3.06. The highest BCUT2D eigenvalue weighted by molar-refractivity contribution is 5.77. The van der Waals surface area contributed by atoms with E-state index in [0.717, 1.165) is 5.75 Å². The van der Waals surface area contributed by atoms with Gasteiger partial charge in [0.2, 0.25) is 0 Å². The van der Waals surface area contributed by atoms with E-state index in [4.69, 9.17) is 15.6 Å². The van der Waals surface area contributed by atoms with Gasteiger partial charge < -0.3 is 15.6 Å². The van der Waals surface area contributed by atoms with Gasteiger partial charge >= 0.3 is 5.97 Å². The molecule has 0 saturated heterocycles. The zero-order chi connectivity index (χ0) is 14.6. The summed E-state index contributed by atoms with van der Waals surface area (Å²) in [4.78, 5) is 11.0. The first-order valence-electron chi connectivity index (χ1n) is 6.51. The van der Waals surface area contributed by atoms with Crippen molar-refractivity contribution in [2.75, 3.05) is 0 Å². The fourth-order valence-electron chi connectivity index (χ4n) is 1.91. The van der Waals surface area contributed by atoms with E-state index in [0.29, 0.717) is 5.92 Å². The summed E-state index contributed by atoms with van der Waals surface area (Å²) in [6.45, 7) is 7.56. The zero-order valence-corrected chi connectivity index (χ0v) is 12.0. The number of rotatable bonds is 6. The SMILES string of the molecule is CC(CC(C)(N)C(=O)O)Oc1cccc(C(C)C)c1. The second-order valence-corrected chi connectivity index (χ2v) is 5.58. The minimum Gasteiger partial charge on any atom is -0.491 e. The van der Waals surface area contributed by atoms with Crippen LogP contribution >= 0.6 is 0 Å². The van der Waals surface area contributed by atoms with Crippen molar-refractivity contribution in [2.45, 2.75) is 51.7 Å². The van der Waals surface area contributed by atoms with Crippen LogP contribution in [0.2, 0.25) is 0 Å². The first-order chi connectivity index (χ1) is 8.72. The van der Waals surface area contributed by atoms with Gasteiger partial charge in [0.1, 0.15) is 11.3 Å². The highest BCUT2D eigenvalue weighted by Crippen LogP contribution is 2.22. The van der Waals surface area contributed by atoms with Crippen LogP contribution in [0.3, 0.4) is 0 Å². The zero-order valence-electron chi connectivity index (χ0n) is 12.0. The number of carboxylic acids is 1. The molecule has 106 valence electrons. The molecule has 2 unspecified atom stereocenters. The summed E-state index contributed by atoms with van der Waals surface area (Å²) in [5, 5.41) is 8.99. The lowest BCUT2D eigenvalue weighted by atomic mass is 9.96. The van der Waals surface area contributed by atoms with Gasteiger partial charge in [-0.25, -0.2) is 0 Å². The molecule has 0 aliphatic heterocycles. The molecule has 2 atom stereocenters. The summed E-state index contributed by atoms with van der Waals surface area (Å²) in [6, 6.07) is 7.84. The molecule has 3 N–H and O–H groups in total. The third kappa shape index (κ3) is 4.56. The highest BCUT2D eigenvalue weighted by atomic mass is 16.5. The van der Waals surface area contributed by atoms with Gasteiger partial charge in [-0.1, -0.05) is 26.0 Å². The van der Waals surface area contributed by atoms with Crippen LogP contribution in [0.25, 0.3) is 0 Å². The van der Waals surface area contributed by atoms with Crippen LogP contribution in [0, 0.1) is 0 Å². The summed E-state index contributed by atoms with van der Waals surface area (Å²) >= 11 is 0. The minimum absolute atomic E-state index is 0.256. The van der Waals surface area contributed by atoms with Crippen molar-refractivity contribution >= 4 is 5.97 Å². The van der Waals surface area contributed by atoms with Crippen LogP contribution in [-0.4, -0.2) is 22.7 Å². The molecule has 4 heteroatoms. The maximum absolute atomic E-state index is 11.0. The molecule has 19 heavy (non-hydrogen) atoms. The second-order valence-electron chi connectivity index (χ2n) is 5.58. The minimum atomic E-state index is -1.27. The number of ether oxygens (including phenoxy) is 1. The monoisotopic (exact) mass is 265 g/mol. The van der Waals surface area contributed by atoms with Crippen molar-refractivity contribution in [2.24, 2.45) is 5.73 Å². The molecule has 0 amide bonds. The first-order valence-corrected chi connectivity index (χ1v) is 6.51. The van der Waals surface area contributed by atoms with Crippen molar-refractivity contribution in [3.05, 3.63) is 29.8 Å². The van der Waals surface area contributed by atoms with Crippen LogP contribution in [0.15, 0.2) is 24.3 Å². The average Bonchev–Trinajstić information content (AvgIpc) is 2.28. The number of carbonyl (C=O) groups is 1. The van der Waals surface area contributed by atoms with E-state index >= 15 is 0 Å². The van der Waals surface area contributed by atoms with Gasteiger partial charge in [-0.2, -0.15) is 0 Å².